The summed E-state index contributed by atoms with van der Waals surface area (Å²) < 4.78 is 5.95. The number of carbonyl (C=O) groups is 3. The van der Waals surface area contributed by atoms with Gasteiger partial charge in [-0.1, -0.05) is 32.1 Å². The lowest BCUT2D eigenvalue weighted by Gasteiger charge is -2.35. The average molecular weight is 441 g/mol. The zero-order valence-electron chi connectivity index (χ0n) is 19.6. The van der Waals surface area contributed by atoms with E-state index in [0.717, 1.165) is 12.8 Å². The van der Waals surface area contributed by atoms with Crippen molar-refractivity contribution in [2.24, 2.45) is 5.41 Å². The Labute approximate surface area is 186 Å². The second-order valence-electron chi connectivity index (χ2n) is 10.2. The largest absolute Gasteiger partial charge is 0.389 e. The quantitative estimate of drug-likeness (QED) is 0.503. The van der Waals surface area contributed by atoms with Gasteiger partial charge < -0.3 is 20.0 Å². The summed E-state index contributed by atoms with van der Waals surface area (Å²) in [4.78, 5) is 41.1. The summed E-state index contributed by atoms with van der Waals surface area (Å²) in [5.74, 6) is -1.60. The molecule has 0 aromatic heterocycles. The van der Waals surface area contributed by atoms with E-state index in [-0.39, 0.29) is 18.9 Å². The van der Waals surface area contributed by atoms with E-state index < -0.39 is 34.8 Å². The minimum Gasteiger partial charge on any atom is -0.389 e. The van der Waals surface area contributed by atoms with Crippen molar-refractivity contribution < 1.29 is 29.1 Å². The molecule has 2 amide bonds. The number of nitrogens with zero attached hydrogens (tertiary/aromatic N) is 1. The molecule has 1 saturated heterocycles. The zero-order chi connectivity index (χ0) is 23.1. The minimum absolute atomic E-state index is 0.0698. The summed E-state index contributed by atoms with van der Waals surface area (Å²) in [5, 5.41) is 14.3. The van der Waals surface area contributed by atoms with Crippen molar-refractivity contribution in [3.05, 3.63) is 0 Å². The lowest BCUT2D eigenvalue weighted by Crippen LogP contribution is -2.49. The smallest absolute Gasteiger partial charge is 0.338 e. The van der Waals surface area contributed by atoms with Gasteiger partial charge in [0.05, 0.1) is 24.2 Å². The third-order valence-electron chi connectivity index (χ3n) is 6.01. The molecule has 2 fully saturated rings. The number of nitrogens with one attached hydrogen (secondary N) is 1. The standard InChI is InChI=1S/C23H40N2O6/c1-22(2,21(29)31-25-19(27)12-13-20(25)28)16-23(3,4)24-14-17(26)15-30-18-10-8-6-5-7-9-11-18/h17-18,24,26H,5-16H2,1-4H3. The molecule has 2 N–H and O–H groups in total. The highest BCUT2D eigenvalue weighted by Gasteiger charge is 2.40. The molecular formula is C23H40N2O6. The third kappa shape index (κ3) is 8.50. The number of carbonyl (C=O) groups excluding carboxylic acids is 3. The van der Waals surface area contributed by atoms with Crippen molar-refractivity contribution in [2.75, 3.05) is 13.2 Å². The Bertz CT molecular complexity index is 610. The molecule has 8 nitrogen and oxygen atoms in total. The molecule has 0 spiro atoms. The van der Waals surface area contributed by atoms with Crippen molar-refractivity contribution in [3.8, 4) is 0 Å². The highest BCUT2D eigenvalue weighted by molar-refractivity contribution is 6.01. The Balaban J connectivity index is 1.76. The van der Waals surface area contributed by atoms with Crippen LogP contribution >= 0.6 is 0 Å². The van der Waals surface area contributed by atoms with Gasteiger partial charge in [0.2, 0.25) is 0 Å². The first-order valence-corrected chi connectivity index (χ1v) is 11.6. The monoisotopic (exact) mass is 440 g/mol. The Morgan fingerprint density at radius 3 is 2.19 bits per heavy atom. The second-order valence-corrected chi connectivity index (χ2v) is 10.2. The van der Waals surface area contributed by atoms with Crippen LogP contribution in [0.3, 0.4) is 0 Å². The van der Waals surface area contributed by atoms with Crippen molar-refractivity contribution in [1.82, 2.24) is 10.4 Å². The van der Waals surface area contributed by atoms with Gasteiger partial charge in [-0.3, -0.25) is 9.59 Å². The summed E-state index contributed by atoms with van der Waals surface area (Å²) in [6.07, 6.45) is 8.44. The number of rotatable bonds is 10. The highest BCUT2D eigenvalue weighted by Crippen LogP contribution is 2.30. The first-order valence-electron chi connectivity index (χ1n) is 11.6. The molecule has 8 heteroatoms. The molecule has 1 aliphatic carbocycles. The minimum atomic E-state index is -0.931. The van der Waals surface area contributed by atoms with Gasteiger partial charge in [-0.05, 0) is 47.0 Å². The normalized spacial score (nSPS) is 20.5. The van der Waals surface area contributed by atoms with E-state index in [1.54, 1.807) is 13.8 Å². The van der Waals surface area contributed by atoms with Gasteiger partial charge in [0, 0.05) is 24.9 Å². The number of ether oxygens (including phenoxy) is 1. The first-order chi connectivity index (χ1) is 14.5. The van der Waals surface area contributed by atoms with Crippen molar-refractivity contribution >= 4 is 17.8 Å². The van der Waals surface area contributed by atoms with Crippen LogP contribution in [0.4, 0.5) is 0 Å². The zero-order valence-corrected chi connectivity index (χ0v) is 19.6. The molecule has 0 aromatic carbocycles. The van der Waals surface area contributed by atoms with E-state index in [1.165, 1.54) is 32.1 Å². The molecule has 2 rings (SSSR count). The topological polar surface area (TPSA) is 105 Å². The van der Waals surface area contributed by atoms with Gasteiger partial charge in [-0.2, -0.15) is 0 Å². The summed E-state index contributed by atoms with van der Waals surface area (Å²) in [6.45, 7) is 7.95. The lowest BCUT2D eigenvalue weighted by molar-refractivity contribution is -0.204. The molecule has 1 heterocycles. The van der Waals surface area contributed by atoms with Crippen LogP contribution in [0.15, 0.2) is 0 Å². The molecule has 178 valence electrons. The van der Waals surface area contributed by atoms with Crippen LogP contribution in [0, 0.1) is 5.41 Å². The van der Waals surface area contributed by atoms with E-state index in [2.05, 4.69) is 5.32 Å². The Morgan fingerprint density at radius 2 is 1.61 bits per heavy atom. The highest BCUT2D eigenvalue weighted by atomic mass is 16.7. The third-order valence-corrected chi connectivity index (χ3v) is 6.01. The van der Waals surface area contributed by atoms with E-state index in [9.17, 15) is 19.5 Å². The van der Waals surface area contributed by atoms with E-state index in [4.69, 9.17) is 9.57 Å². The fraction of sp³-hybridized carbons (Fsp3) is 0.870. The maximum Gasteiger partial charge on any atom is 0.338 e. The molecule has 1 saturated carbocycles. The molecule has 1 aliphatic heterocycles. The van der Waals surface area contributed by atoms with Crippen molar-refractivity contribution in [2.45, 2.75) is 110 Å². The number of hydrogen-bond acceptors (Lipinski definition) is 7. The summed E-state index contributed by atoms with van der Waals surface area (Å²) in [5.41, 5.74) is -1.41. The number of aliphatic hydroxyl groups excluding tert-OH is 1. The molecule has 0 radical (unpaired) electrons. The van der Waals surface area contributed by atoms with Gasteiger partial charge in [0.25, 0.3) is 11.8 Å². The van der Waals surface area contributed by atoms with Crippen LogP contribution < -0.4 is 5.32 Å². The van der Waals surface area contributed by atoms with Crippen LogP contribution in [0.1, 0.15) is 91.9 Å². The molecule has 31 heavy (non-hydrogen) atoms. The second kappa shape index (κ2) is 11.4. The van der Waals surface area contributed by atoms with Crippen LogP contribution in [0.25, 0.3) is 0 Å². The van der Waals surface area contributed by atoms with Crippen LogP contribution in [-0.4, -0.2) is 58.9 Å². The molecule has 2 aliphatic rings. The summed E-state index contributed by atoms with van der Waals surface area (Å²) in [7, 11) is 0. The van der Waals surface area contributed by atoms with Gasteiger partial charge >= 0.3 is 5.97 Å². The average Bonchev–Trinajstić information content (AvgIpc) is 2.96. The first kappa shape index (κ1) is 25.7. The number of imide groups is 1. The molecule has 0 aromatic rings. The predicted molar refractivity (Wildman–Crippen MR) is 116 cm³/mol. The van der Waals surface area contributed by atoms with Crippen LogP contribution in [0.5, 0.6) is 0 Å². The SMILES string of the molecule is CC(C)(CC(C)(C)C(=O)ON1C(=O)CCC1=O)NCC(O)COC1CCCCCCC1. The Kier molecular flexibility index (Phi) is 9.45. The van der Waals surface area contributed by atoms with Gasteiger partial charge in [-0.25, -0.2) is 4.79 Å². The molecular weight excluding hydrogens is 400 g/mol. The maximum atomic E-state index is 12.6. The van der Waals surface area contributed by atoms with Crippen LogP contribution in [0.2, 0.25) is 0 Å². The number of β-amino-alcohol motifs (C(OH)–C–C–N with tert-alkyl or cyclic N) is 1. The fourth-order valence-electron chi connectivity index (χ4n) is 4.39. The van der Waals surface area contributed by atoms with Crippen LogP contribution in [-0.2, 0) is 24.0 Å². The van der Waals surface area contributed by atoms with Crippen molar-refractivity contribution in [3.63, 3.8) is 0 Å². The number of amides is 2. The fourth-order valence-corrected chi connectivity index (χ4v) is 4.39. The van der Waals surface area contributed by atoms with Crippen molar-refractivity contribution in [1.29, 1.82) is 0 Å². The molecule has 1 atom stereocenters. The summed E-state index contributed by atoms with van der Waals surface area (Å²) >= 11 is 0. The lowest BCUT2D eigenvalue weighted by atomic mass is 9.80. The number of hydroxylamine groups is 2. The number of hydrogen-bond donors (Lipinski definition) is 2. The molecule has 0 bridgehead atoms. The summed E-state index contributed by atoms with van der Waals surface area (Å²) in [6, 6.07) is 0. The maximum absolute atomic E-state index is 12.6. The number of aliphatic hydroxyl groups is 1. The van der Waals surface area contributed by atoms with E-state index in [1.807, 2.05) is 13.8 Å². The molecule has 1 unspecified atom stereocenters. The van der Waals surface area contributed by atoms with E-state index >= 15 is 0 Å². The Morgan fingerprint density at radius 1 is 1.06 bits per heavy atom. The predicted octanol–water partition coefficient (Wildman–Crippen LogP) is 2.87. The van der Waals surface area contributed by atoms with Gasteiger partial charge in [0.1, 0.15) is 0 Å². The van der Waals surface area contributed by atoms with Gasteiger partial charge in [0.15, 0.2) is 0 Å². The van der Waals surface area contributed by atoms with Gasteiger partial charge in [-0.15, -0.1) is 5.06 Å². The Hall–Kier alpha value is -1.51. The van der Waals surface area contributed by atoms with E-state index in [0.29, 0.717) is 24.6 Å².